The van der Waals surface area contributed by atoms with Gasteiger partial charge in [-0.15, -0.1) is 11.8 Å². The minimum atomic E-state index is 0.299. The van der Waals surface area contributed by atoms with Gasteiger partial charge in [-0.2, -0.15) is 11.8 Å². The first-order valence-electron chi connectivity index (χ1n) is 7.00. The summed E-state index contributed by atoms with van der Waals surface area (Å²) in [6, 6.07) is 0. The van der Waals surface area contributed by atoms with E-state index >= 15 is 0 Å². The zero-order chi connectivity index (χ0) is 11.8. The van der Waals surface area contributed by atoms with E-state index in [0.29, 0.717) is 16.3 Å². The average Bonchev–Trinajstić information content (AvgIpc) is 2.91. The van der Waals surface area contributed by atoms with Gasteiger partial charge in [-0.3, -0.25) is 4.79 Å². The van der Waals surface area contributed by atoms with Gasteiger partial charge in [-0.25, -0.2) is 0 Å². The van der Waals surface area contributed by atoms with Crippen LogP contribution in [0.3, 0.4) is 0 Å². The van der Waals surface area contributed by atoms with Gasteiger partial charge < -0.3 is 0 Å². The Balaban J connectivity index is 1.56. The zero-order valence-electron chi connectivity index (χ0n) is 10.6. The van der Waals surface area contributed by atoms with E-state index < -0.39 is 0 Å². The number of rotatable bonds is 3. The van der Waals surface area contributed by atoms with E-state index in [0.717, 1.165) is 24.2 Å². The molecule has 3 heteroatoms. The Morgan fingerprint density at radius 2 is 2.00 bits per heavy atom. The molecule has 17 heavy (non-hydrogen) atoms. The summed E-state index contributed by atoms with van der Waals surface area (Å²) in [6.45, 7) is 2.24. The molecule has 0 aromatic carbocycles. The molecule has 2 aliphatic carbocycles. The number of carbonyl (C=O) groups excluding carboxylic acids is 1. The summed E-state index contributed by atoms with van der Waals surface area (Å²) in [5.41, 5.74) is 0. The first-order chi connectivity index (χ1) is 8.24. The van der Waals surface area contributed by atoms with Crippen molar-refractivity contribution < 1.29 is 4.79 Å². The van der Waals surface area contributed by atoms with Crippen LogP contribution in [0.25, 0.3) is 0 Å². The van der Waals surface area contributed by atoms with Crippen molar-refractivity contribution in [3.05, 3.63) is 0 Å². The van der Waals surface area contributed by atoms with Crippen molar-refractivity contribution in [3.8, 4) is 0 Å². The largest absolute Gasteiger partial charge is 0.298 e. The maximum absolute atomic E-state index is 12.4. The first kappa shape index (κ1) is 12.4. The van der Waals surface area contributed by atoms with Gasteiger partial charge >= 0.3 is 0 Å². The Labute approximate surface area is 113 Å². The van der Waals surface area contributed by atoms with E-state index in [2.05, 4.69) is 6.92 Å². The van der Waals surface area contributed by atoms with Crippen LogP contribution in [0, 0.1) is 17.8 Å². The molecule has 2 bridgehead atoms. The summed E-state index contributed by atoms with van der Waals surface area (Å²) >= 11 is 3.90. The van der Waals surface area contributed by atoms with E-state index in [4.69, 9.17) is 0 Å². The number of hydrogen-bond acceptors (Lipinski definition) is 3. The third-order valence-electron chi connectivity index (χ3n) is 4.85. The SMILES string of the molecule is CC1SCCSC1C(=O)CC1CC2CCC1C2. The van der Waals surface area contributed by atoms with Crippen molar-refractivity contribution in [1.82, 2.24) is 0 Å². The Bertz CT molecular complexity index is 305. The maximum Gasteiger partial charge on any atom is 0.147 e. The zero-order valence-corrected chi connectivity index (χ0v) is 12.2. The van der Waals surface area contributed by atoms with Crippen molar-refractivity contribution in [1.29, 1.82) is 0 Å². The fraction of sp³-hybridized carbons (Fsp3) is 0.929. The number of hydrogen-bond donors (Lipinski definition) is 0. The summed E-state index contributed by atoms with van der Waals surface area (Å²) in [6.07, 6.45) is 6.53. The highest BCUT2D eigenvalue weighted by Crippen LogP contribution is 2.50. The van der Waals surface area contributed by atoms with Crippen LogP contribution in [0.5, 0.6) is 0 Å². The normalized spacial score (nSPS) is 45.1. The number of ketones is 1. The highest BCUT2D eigenvalue weighted by molar-refractivity contribution is 8.07. The molecule has 1 heterocycles. The standard InChI is InChI=1S/C14H22OS2/c1-9-14(17-5-4-16-9)13(15)8-12-7-10-2-3-11(12)6-10/h9-12,14H,2-8H2,1H3. The second-order valence-electron chi connectivity index (χ2n) is 5.97. The molecular weight excluding hydrogens is 248 g/mol. The molecule has 1 nitrogen and oxygen atoms in total. The molecule has 0 N–H and O–H groups in total. The van der Waals surface area contributed by atoms with Gasteiger partial charge in [0.15, 0.2) is 0 Å². The van der Waals surface area contributed by atoms with Crippen LogP contribution < -0.4 is 0 Å². The van der Waals surface area contributed by atoms with Crippen LogP contribution >= 0.6 is 23.5 Å². The highest BCUT2D eigenvalue weighted by Gasteiger charge is 2.41. The molecular formula is C14H22OS2. The van der Waals surface area contributed by atoms with Gasteiger partial charge in [-0.05, 0) is 37.0 Å². The van der Waals surface area contributed by atoms with Crippen LogP contribution in [-0.4, -0.2) is 27.8 Å². The Hall–Kier alpha value is 0.370. The van der Waals surface area contributed by atoms with E-state index in [1.807, 2.05) is 23.5 Å². The van der Waals surface area contributed by atoms with Crippen molar-refractivity contribution in [3.63, 3.8) is 0 Å². The second-order valence-corrected chi connectivity index (χ2v) is 8.71. The van der Waals surface area contributed by atoms with Crippen molar-refractivity contribution >= 4 is 29.3 Å². The minimum Gasteiger partial charge on any atom is -0.298 e. The molecule has 0 aromatic rings. The molecule has 5 atom stereocenters. The molecule has 0 aromatic heterocycles. The Kier molecular flexibility index (Phi) is 3.77. The van der Waals surface area contributed by atoms with Crippen LogP contribution in [0.15, 0.2) is 0 Å². The Morgan fingerprint density at radius 1 is 1.18 bits per heavy atom. The smallest absolute Gasteiger partial charge is 0.147 e. The molecule has 2 saturated carbocycles. The summed E-state index contributed by atoms with van der Waals surface area (Å²) < 4.78 is 0. The van der Waals surface area contributed by atoms with Gasteiger partial charge in [0, 0.05) is 23.2 Å². The van der Waals surface area contributed by atoms with Gasteiger partial charge in [-0.1, -0.05) is 13.3 Å². The first-order valence-corrected chi connectivity index (χ1v) is 9.09. The molecule has 1 aliphatic heterocycles. The molecule has 96 valence electrons. The third kappa shape index (κ3) is 2.56. The monoisotopic (exact) mass is 270 g/mol. The van der Waals surface area contributed by atoms with Crippen molar-refractivity contribution in [2.75, 3.05) is 11.5 Å². The number of Topliss-reactive ketones (excluding diaryl/α,β-unsaturated/α-hetero) is 1. The van der Waals surface area contributed by atoms with Gasteiger partial charge in [0.05, 0.1) is 5.25 Å². The predicted molar refractivity (Wildman–Crippen MR) is 76.7 cm³/mol. The summed E-state index contributed by atoms with van der Waals surface area (Å²) in [5.74, 6) is 5.59. The third-order valence-corrected chi connectivity index (χ3v) is 7.99. The lowest BCUT2D eigenvalue weighted by Gasteiger charge is -2.29. The quantitative estimate of drug-likeness (QED) is 0.780. The average molecular weight is 270 g/mol. The maximum atomic E-state index is 12.4. The van der Waals surface area contributed by atoms with Crippen LogP contribution in [0.2, 0.25) is 0 Å². The summed E-state index contributed by atoms with van der Waals surface area (Å²) in [4.78, 5) is 12.4. The minimum absolute atomic E-state index is 0.299. The van der Waals surface area contributed by atoms with Gasteiger partial charge in [0.1, 0.15) is 5.78 Å². The molecule has 1 saturated heterocycles. The molecule has 0 amide bonds. The van der Waals surface area contributed by atoms with Crippen molar-refractivity contribution in [2.24, 2.45) is 17.8 Å². The van der Waals surface area contributed by atoms with E-state index in [1.54, 1.807) is 0 Å². The Morgan fingerprint density at radius 3 is 2.65 bits per heavy atom. The highest BCUT2D eigenvalue weighted by atomic mass is 32.2. The van der Waals surface area contributed by atoms with Crippen LogP contribution in [0.1, 0.15) is 39.0 Å². The lowest BCUT2D eigenvalue weighted by atomic mass is 9.84. The molecule has 0 radical (unpaired) electrons. The number of fused-ring (bicyclic) bond motifs is 2. The number of carbonyl (C=O) groups is 1. The molecule has 0 spiro atoms. The van der Waals surface area contributed by atoms with E-state index in [-0.39, 0.29) is 0 Å². The van der Waals surface area contributed by atoms with Crippen LogP contribution in [0.4, 0.5) is 0 Å². The summed E-state index contributed by atoms with van der Waals surface area (Å²) in [5, 5.41) is 0.840. The van der Waals surface area contributed by atoms with E-state index in [9.17, 15) is 4.79 Å². The molecule has 5 unspecified atom stereocenters. The number of thioether (sulfide) groups is 2. The second kappa shape index (κ2) is 5.16. The van der Waals surface area contributed by atoms with Gasteiger partial charge in [0.25, 0.3) is 0 Å². The van der Waals surface area contributed by atoms with Crippen molar-refractivity contribution in [2.45, 2.75) is 49.5 Å². The molecule has 3 aliphatic rings. The molecule has 3 rings (SSSR count). The summed E-state index contributed by atoms with van der Waals surface area (Å²) in [7, 11) is 0. The fourth-order valence-corrected chi connectivity index (χ4v) is 6.73. The fourth-order valence-electron chi connectivity index (χ4n) is 3.99. The molecule has 3 fully saturated rings. The lowest BCUT2D eigenvalue weighted by Crippen LogP contribution is -2.33. The van der Waals surface area contributed by atoms with Crippen LogP contribution in [-0.2, 0) is 4.79 Å². The predicted octanol–water partition coefficient (Wildman–Crippen LogP) is 3.62. The lowest BCUT2D eigenvalue weighted by molar-refractivity contribution is -0.119. The van der Waals surface area contributed by atoms with Gasteiger partial charge in [0.2, 0.25) is 0 Å². The van der Waals surface area contributed by atoms with E-state index in [1.165, 1.54) is 37.2 Å². The topological polar surface area (TPSA) is 17.1 Å².